The van der Waals surface area contributed by atoms with Gasteiger partial charge in [0, 0.05) is 10.6 Å². The summed E-state index contributed by atoms with van der Waals surface area (Å²) in [5, 5.41) is 19.6. The van der Waals surface area contributed by atoms with Crippen LogP contribution in [0.15, 0.2) is 30.5 Å². The lowest BCUT2D eigenvalue weighted by molar-refractivity contribution is 0.0916. The first-order valence-electron chi connectivity index (χ1n) is 6.85. The molecule has 0 radical (unpaired) electrons. The number of aliphatic hydroxyl groups is 1. The van der Waals surface area contributed by atoms with Gasteiger partial charge in [-0.05, 0) is 30.6 Å². The van der Waals surface area contributed by atoms with Crippen molar-refractivity contribution in [2.75, 3.05) is 18.6 Å². The SMILES string of the molecule is CSCCC(CO)NC(=O)c1cn[nH]c1-c1ccc(Cl)cc1. The number of amides is 1. The number of rotatable bonds is 7. The van der Waals surface area contributed by atoms with Crippen molar-refractivity contribution in [2.45, 2.75) is 12.5 Å². The maximum Gasteiger partial charge on any atom is 0.255 e. The molecule has 7 heteroatoms. The molecular weight excluding hydrogens is 322 g/mol. The molecule has 0 aliphatic carbocycles. The van der Waals surface area contributed by atoms with Gasteiger partial charge in [0.05, 0.1) is 30.1 Å². The number of H-pyrrole nitrogens is 1. The highest BCUT2D eigenvalue weighted by Gasteiger charge is 2.18. The Morgan fingerprint density at radius 1 is 1.45 bits per heavy atom. The van der Waals surface area contributed by atoms with Crippen LogP contribution >= 0.6 is 23.4 Å². The summed E-state index contributed by atoms with van der Waals surface area (Å²) in [6, 6.07) is 6.91. The summed E-state index contributed by atoms with van der Waals surface area (Å²) in [6.45, 7) is -0.0829. The zero-order chi connectivity index (χ0) is 15.9. The summed E-state index contributed by atoms with van der Waals surface area (Å²) < 4.78 is 0. The summed E-state index contributed by atoms with van der Waals surface area (Å²) in [4.78, 5) is 12.4. The summed E-state index contributed by atoms with van der Waals surface area (Å²) in [5.41, 5.74) is 1.91. The van der Waals surface area contributed by atoms with Crippen LogP contribution in [0.2, 0.25) is 5.02 Å². The second kappa shape index (κ2) is 8.22. The van der Waals surface area contributed by atoms with Gasteiger partial charge in [0.25, 0.3) is 5.91 Å². The van der Waals surface area contributed by atoms with E-state index in [1.807, 2.05) is 18.4 Å². The molecule has 3 N–H and O–H groups in total. The fourth-order valence-electron chi connectivity index (χ4n) is 2.03. The topological polar surface area (TPSA) is 78.0 Å². The van der Waals surface area contributed by atoms with Crippen molar-refractivity contribution < 1.29 is 9.90 Å². The molecule has 0 bridgehead atoms. The van der Waals surface area contributed by atoms with Crippen LogP contribution in [0.3, 0.4) is 0 Å². The molecule has 0 fully saturated rings. The van der Waals surface area contributed by atoms with Crippen molar-refractivity contribution in [3.05, 3.63) is 41.0 Å². The van der Waals surface area contributed by atoms with E-state index in [0.717, 1.165) is 17.7 Å². The third-order valence-corrected chi connectivity index (χ3v) is 4.14. The highest BCUT2D eigenvalue weighted by Crippen LogP contribution is 2.23. The molecule has 22 heavy (non-hydrogen) atoms. The molecule has 0 saturated carbocycles. The van der Waals surface area contributed by atoms with Gasteiger partial charge in [-0.3, -0.25) is 9.89 Å². The summed E-state index contributed by atoms with van der Waals surface area (Å²) in [7, 11) is 0. The van der Waals surface area contributed by atoms with Crippen molar-refractivity contribution in [3.8, 4) is 11.3 Å². The quantitative estimate of drug-likeness (QED) is 0.724. The maximum atomic E-state index is 12.4. The molecule has 2 aromatic rings. The van der Waals surface area contributed by atoms with Gasteiger partial charge < -0.3 is 10.4 Å². The van der Waals surface area contributed by atoms with Crippen LogP contribution in [0.25, 0.3) is 11.3 Å². The molecule has 0 saturated heterocycles. The lowest BCUT2D eigenvalue weighted by Gasteiger charge is -2.15. The Balaban J connectivity index is 2.14. The van der Waals surface area contributed by atoms with E-state index in [0.29, 0.717) is 16.3 Å². The summed E-state index contributed by atoms with van der Waals surface area (Å²) in [6.07, 6.45) is 4.20. The number of aromatic nitrogens is 2. The van der Waals surface area contributed by atoms with Gasteiger partial charge in [-0.25, -0.2) is 0 Å². The lowest BCUT2D eigenvalue weighted by Crippen LogP contribution is -2.38. The first kappa shape index (κ1) is 16.9. The second-order valence-electron chi connectivity index (χ2n) is 4.80. The minimum atomic E-state index is -0.257. The number of carbonyl (C=O) groups excluding carboxylic acids is 1. The van der Waals surface area contributed by atoms with Crippen LogP contribution in [0.4, 0.5) is 0 Å². The first-order chi connectivity index (χ1) is 10.7. The van der Waals surface area contributed by atoms with E-state index >= 15 is 0 Å². The summed E-state index contributed by atoms with van der Waals surface area (Å²) in [5.74, 6) is 0.625. The molecule has 0 spiro atoms. The fraction of sp³-hybridized carbons (Fsp3) is 0.333. The van der Waals surface area contributed by atoms with Crippen molar-refractivity contribution in [2.24, 2.45) is 0 Å². The minimum Gasteiger partial charge on any atom is -0.394 e. The van der Waals surface area contributed by atoms with Crippen LogP contribution in [0, 0.1) is 0 Å². The second-order valence-corrected chi connectivity index (χ2v) is 6.22. The Morgan fingerprint density at radius 3 is 2.82 bits per heavy atom. The van der Waals surface area contributed by atoms with Crippen LogP contribution in [0.1, 0.15) is 16.8 Å². The predicted octanol–water partition coefficient (Wildman–Crippen LogP) is 2.57. The Labute approximate surface area is 138 Å². The van der Waals surface area contributed by atoms with E-state index < -0.39 is 0 Å². The minimum absolute atomic E-state index is 0.0829. The van der Waals surface area contributed by atoms with Gasteiger partial charge in [-0.2, -0.15) is 16.9 Å². The van der Waals surface area contributed by atoms with Crippen molar-refractivity contribution in [1.29, 1.82) is 0 Å². The third kappa shape index (κ3) is 4.25. The van der Waals surface area contributed by atoms with Gasteiger partial charge in [-0.15, -0.1) is 0 Å². The molecule has 118 valence electrons. The number of aromatic amines is 1. The van der Waals surface area contributed by atoms with Crippen molar-refractivity contribution in [1.82, 2.24) is 15.5 Å². The van der Waals surface area contributed by atoms with Crippen LogP contribution < -0.4 is 5.32 Å². The molecule has 1 amide bonds. The van der Waals surface area contributed by atoms with Gasteiger partial charge in [0.2, 0.25) is 0 Å². The molecule has 0 aliphatic rings. The van der Waals surface area contributed by atoms with E-state index in [4.69, 9.17) is 11.6 Å². The smallest absolute Gasteiger partial charge is 0.255 e. The lowest BCUT2D eigenvalue weighted by atomic mass is 10.1. The molecule has 5 nitrogen and oxygen atoms in total. The first-order valence-corrected chi connectivity index (χ1v) is 8.63. The van der Waals surface area contributed by atoms with E-state index in [9.17, 15) is 9.90 Å². The fourth-order valence-corrected chi connectivity index (χ4v) is 2.67. The molecular formula is C15H18ClN3O2S. The number of carbonyl (C=O) groups is 1. The van der Waals surface area contributed by atoms with Crippen LogP contribution in [-0.4, -0.2) is 45.9 Å². The Kier molecular flexibility index (Phi) is 6.30. The normalized spacial score (nSPS) is 12.1. The van der Waals surface area contributed by atoms with Gasteiger partial charge in [-0.1, -0.05) is 23.7 Å². The van der Waals surface area contributed by atoms with Crippen LogP contribution in [0.5, 0.6) is 0 Å². The van der Waals surface area contributed by atoms with E-state index in [2.05, 4.69) is 15.5 Å². The number of hydrogen-bond acceptors (Lipinski definition) is 4. The number of halogens is 1. The van der Waals surface area contributed by atoms with Crippen LogP contribution in [-0.2, 0) is 0 Å². The van der Waals surface area contributed by atoms with E-state index in [-0.39, 0.29) is 18.6 Å². The average Bonchev–Trinajstić information content (AvgIpc) is 3.01. The van der Waals surface area contributed by atoms with Gasteiger partial charge >= 0.3 is 0 Å². The van der Waals surface area contributed by atoms with Crippen molar-refractivity contribution >= 4 is 29.3 Å². The number of thioether (sulfide) groups is 1. The molecule has 0 aliphatic heterocycles. The molecule has 1 aromatic heterocycles. The van der Waals surface area contributed by atoms with Gasteiger partial charge in [0.1, 0.15) is 0 Å². The number of benzene rings is 1. The predicted molar refractivity (Wildman–Crippen MR) is 90.4 cm³/mol. The van der Waals surface area contributed by atoms with E-state index in [1.54, 1.807) is 23.9 Å². The Bertz CT molecular complexity index is 616. The molecule has 1 heterocycles. The largest absolute Gasteiger partial charge is 0.394 e. The zero-order valence-corrected chi connectivity index (χ0v) is 13.7. The van der Waals surface area contributed by atoms with Gasteiger partial charge in [0.15, 0.2) is 0 Å². The Hall–Kier alpha value is -1.50. The highest BCUT2D eigenvalue weighted by atomic mass is 35.5. The number of hydrogen-bond donors (Lipinski definition) is 3. The number of aliphatic hydroxyl groups excluding tert-OH is 1. The van der Waals surface area contributed by atoms with Crippen molar-refractivity contribution in [3.63, 3.8) is 0 Å². The average molecular weight is 340 g/mol. The number of nitrogens with one attached hydrogen (secondary N) is 2. The highest BCUT2D eigenvalue weighted by molar-refractivity contribution is 7.98. The monoisotopic (exact) mass is 339 g/mol. The van der Waals surface area contributed by atoms with E-state index in [1.165, 1.54) is 6.20 Å². The zero-order valence-electron chi connectivity index (χ0n) is 12.2. The molecule has 2 rings (SSSR count). The number of nitrogens with zero attached hydrogens (tertiary/aromatic N) is 1. The standard InChI is InChI=1S/C15H18ClN3O2S/c1-22-7-6-12(9-20)18-15(21)13-8-17-19-14(13)10-2-4-11(16)5-3-10/h2-5,8,12,20H,6-7,9H2,1H3,(H,17,19)(H,18,21). The molecule has 1 atom stereocenters. The maximum absolute atomic E-state index is 12.4. The Morgan fingerprint density at radius 2 is 2.18 bits per heavy atom. The third-order valence-electron chi connectivity index (χ3n) is 3.24. The summed E-state index contributed by atoms with van der Waals surface area (Å²) >= 11 is 7.55. The molecule has 1 aromatic carbocycles. The molecule has 1 unspecified atom stereocenters.